The molecule has 30 heavy (non-hydrogen) atoms. The van der Waals surface area contributed by atoms with Crippen LogP contribution in [0.1, 0.15) is 0 Å². The molecule has 158 valence electrons. The standard InChI is InChI=1S/C21H19BrF2N2O4/c22-14-3-6-19(29)17(9-14)18-7-13(8-20(26-18)25-10-15(28)11-27)12-1-4-16(5-2-12)30-21(23)24/h1-9,15,21,27-29H,10-11H2,(H,25,26). The predicted molar refractivity (Wildman–Crippen MR) is 113 cm³/mol. The Morgan fingerprint density at radius 2 is 1.77 bits per heavy atom. The van der Waals surface area contributed by atoms with Crippen LogP contribution in [-0.4, -0.2) is 46.2 Å². The van der Waals surface area contributed by atoms with E-state index in [4.69, 9.17) is 5.11 Å². The van der Waals surface area contributed by atoms with Crippen molar-refractivity contribution < 1.29 is 28.8 Å². The van der Waals surface area contributed by atoms with Gasteiger partial charge in [-0.15, -0.1) is 0 Å². The van der Waals surface area contributed by atoms with Gasteiger partial charge in [0.15, 0.2) is 0 Å². The van der Waals surface area contributed by atoms with E-state index in [9.17, 15) is 19.0 Å². The fourth-order valence-corrected chi connectivity index (χ4v) is 3.12. The molecule has 4 N–H and O–H groups in total. The Labute approximate surface area is 179 Å². The summed E-state index contributed by atoms with van der Waals surface area (Å²) in [6.07, 6.45) is -0.969. The Balaban J connectivity index is 2.02. The van der Waals surface area contributed by atoms with E-state index in [1.165, 1.54) is 18.2 Å². The number of benzene rings is 2. The molecule has 6 nitrogen and oxygen atoms in total. The first-order valence-electron chi connectivity index (χ1n) is 8.94. The van der Waals surface area contributed by atoms with Gasteiger partial charge in [0, 0.05) is 16.6 Å². The maximum absolute atomic E-state index is 12.4. The normalized spacial score (nSPS) is 12.1. The van der Waals surface area contributed by atoms with Crippen molar-refractivity contribution in [3.8, 4) is 33.9 Å². The number of hydrogen-bond donors (Lipinski definition) is 4. The van der Waals surface area contributed by atoms with Gasteiger partial charge in [0.1, 0.15) is 17.3 Å². The van der Waals surface area contributed by atoms with E-state index in [0.29, 0.717) is 28.2 Å². The molecule has 0 fully saturated rings. The molecule has 0 bridgehead atoms. The molecule has 0 aliphatic carbocycles. The van der Waals surface area contributed by atoms with E-state index in [0.717, 1.165) is 4.47 Å². The van der Waals surface area contributed by atoms with Gasteiger partial charge in [0.2, 0.25) is 0 Å². The van der Waals surface area contributed by atoms with Crippen LogP contribution in [0.2, 0.25) is 0 Å². The summed E-state index contributed by atoms with van der Waals surface area (Å²) in [7, 11) is 0. The Hall–Kier alpha value is -2.75. The maximum atomic E-state index is 12.4. The lowest BCUT2D eigenvalue weighted by molar-refractivity contribution is -0.0498. The second-order valence-corrected chi connectivity index (χ2v) is 7.32. The van der Waals surface area contributed by atoms with Gasteiger partial charge in [-0.3, -0.25) is 0 Å². The van der Waals surface area contributed by atoms with Crippen LogP contribution < -0.4 is 10.1 Å². The third kappa shape index (κ3) is 5.65. The fourth-order valence-electron chi connectivity index (χ4n) is 2.75. The van der Waals surface area contributed by atoms with Gasteiger partial charge in [-0.25, -0.2) is 4.98 Å². The summed E-state index contributed by atoms with van der Waals surface area (Å²) in [5, 5.41) is 31.9. The zero-order valence-electron chi connectivity index (χ0n) is 15.6. The number of aliphatic hydroxyl groups excluding tert-OH is 2. The highest BCUT2D eigenvalue weighted by Gasteiger charge is 2.13. The molecular weight excluding hydrogens is 462 g/mol. The summed E-state index contributed by atoms with van der Waals surface area (Å²) < 4.78 is 29.9. The van der Waals surface area contributed by atoms with Gasteiger partial charge in [0.05, 0.1) is 18.4 Å². The number of nitrogens with zero attached hydrogens (tertiary/aromatic N) is 1. The number of alkyl halides is 2. The highest BCUT2D eigenvalue weighted by atomic mass is 79.9. The number of phenolic OH excluding ortho intramolecular Hbond substituents is 1. The first-order valence-corrected chi connectivity index (χ1v) is 9.74. The molecule has 1 atom stereocenters. The molecule has 0 amide bonds. The van der Waals surface area contributed by atoms with Crippen LogP contribution in [0.4, 0.5) is 14.6 Å². The first kappa shape index (κ1) is 21.9. The zero-order valence-corrected chi connectivity index (χ0v) is 17.2. The van der Waals surface area contributed by atoms with E-state index >= 15 is 0 Å². The second kappa shape index (κ2) is 9.84. The lowest BCUT2D eigenvalue weighted by Gasteiger charge is -2.14. The third-order valence-corrected chi connectivity index (χ3v) is 4.70. The van der Waals surface area contributed by atoms with E-state index in [1.54, 1.807) is 36.4 Å². The van der Waals surface area contributed by atoms with Gasteiger partial charge in [-0.1, -0.05) is 28.1 Å². The average molecular weight is 481 g/mol. The topological polar surface area (TPSA) is 94.8 Å². The van der Waals surface area contributed by atoms with Crippen molar-refractivity contribution in [3.05, 3.63) is 59.1 Å². The Kier molecular flexibility index (Phi) is 7.20. The summed E-state index contributed by atoms with van der Waals surface area (Å²) in [4.78, 5) is 4.49. The van der Waals surface area contributed by atoms with Gasteiger partial charge < -0.3 is 25.4 Å². The smallest absolute Gasteiger partial charge is 0.387 e. The van der Waals surface area contributed by atoms with Crippen LogP contribution >= 0.6 is 15.9 Å². The summed E-state index contributed by atoms with van der Waals surface area (Å²) in [5.41, 5.74) is 2.35. The molecule has 0 radical (unpaired) electrons. The number of halogens is 3. The Bertz CT molecular complexity index is 1000. The summed E-state index contributed by atoms with van der Waals surface area (Å²) in [6, 6.07) is 14.5. The van der Waals surface area contributed by atoms with Gasteiger partial charge >= 0.3 is 6.61 Å². The van der Waals surface area contributed by atoms with Crippen LogP contribution in [-0.2, 0) is 0 Å². The minimum Gasteiger partial charge on any atom is -0.507 e. The molecular formula is C21H19BrF2N2O4. The highest BCUT2D eigenvalue weighted by Crippen LogP contribution is 2.34. The molecule has 1 heterocycles. The number of pyridine rings is 1. The summed E-state index contributed by atoms with van der Waals surface area (Å²) in [6.45, 7) is -3.24. The number of ether oxygens (including phenoxy) is 1. The van der Waals surface area contributed by atoms with Crippen molar-refractivity contribution >= 4 is 21.7 Å². The minimum absolute atomic E-state index is 0.0323. The third-order valence-electron chi connectivity index (χ3n) is 4.20. The molecule has 0 aliphatic heterocycles. The predicted octanol–water partition coefficient (Wildman–Crippen LogP) is 4.25. The van der Waals surface area contributed by atoms with Crippen molar-refractivity contribution in [1.82, 2.24) is 4.98 Å². The monoisotopic (exact) mass is 480 g/mol. The fraction of sp³-hybridized carbons (Fsp3) is 0.190. The molecule has 9 heteroatoms. The van der Waals surface area contributed by atoms with Gasteiger partial charge in [0.25, 0.3) is 0 Å². The average Bonchev–Trinajstić information content (AvgIpc) is 2.73. The molecule has 0 saturated heterocycles. The number of aromatic nitrogens is 1. The number of rotatable bonds is 8. The molecule has 3 rings (SSSR count). The van der Waals surface area contributed by atoms with Gasteiger partial charge in [-0.2, -0.15) is 8.78 Å². The molecule has 2 aromatic carbocycles. The molecule has 1 aromatic heterocycles. The quantitative estimate of drug-likeness (QED) is 0.385. The van der Waals surface area contributed by atoms with E-state index in [-0.39, 0.29) is 18.0 Å². The Morgan fingerprint density at radius 1 is 1.03 bits per heavy atom. The largest absolute Gasteiger partial charge is 0.507 e. The number of phenols is 1. The summed E-state index contributed by atoms with van der Waals surface area (Å²) >= 11 is 3.37. The maximum Gasteiger partial charge on any atom is 0.387 e. The van der Waals surface area contributed by atoms with Crippen molar-refractivity contribution in [2.45, 2.75) is 12.7 Å². The number of aromatic hydroxyl groups is 1. The number of nitrogens with one attached hydrogen (secondary N) is 1. The van der Waals surface area contributed by atoms with Crippen LogP contribution in [0.5, 0.6) is 11.5 Å². The SMILES string of the molecule is OCC(O)CNc1cc(-c2ccc(OC(F)F)cc2)cc(-c2cc(Br)ccc2O)n1. The van der Waals surface area contributed by atoms with Crippen molar-refractivity contribution in [2.24, 2.45) is 0 Å². The number of hydrogen-bond acceptors (Lipinski definition) is 6. The summed E-state index contributed by atoms with van der Waals surface area (Å²) in [5.74, 6) is 0.476. The second-order valence-electron chi connectivity index (χ2n) is 6.41. The molecule has 1 unspecified atom stereocenters. The molecule has 0 aliphatic rings. The molecule has 0 spiro atoms. The van der Waals surface area contributed by atoms with Crippen molar-refractivity contribution in [3.63, 3.8) is 0 Å². The van der Waals surface area contributed by atoms with Gasteiger partial charge in [-0.05, 0) is 53.6 Å². The van der Waals surface area contributed by atoms with E-state index < -0.39 is 19.3 Å². The van der Waals surface area contributed by atoms with Crippen LogP contribution in [0, 0.1) is 0 Å². The highest BCUT2D eigenvalue weighted by molar-refractivity contribution is 9.10. The van der Waals surface area contributed by atoms with Crippen LogP contribution in [0.15, 0.2) is 59.1 Å². The minimum atomic E-state index is -2.91. The van der Waals surface area contributed by atoms with Crippen LogP contribution in [0.25, 0.3) is 22.4 Å². The first-order chi connectivity index (χ1) is 14.4. The Morgan fingerprint density at radius 3 is 2.43 bits per heavy atom. The number of anilines is 1. The van der Waals surface area contributed by atoms with E-state index in [2.05, 4.69) is 31.0 Å². The van der Waals surface area contributed by atoms with Crippen molar-refractivity contribution in [1.29, 1.82) is 0 Å². The lowest BCUT2D eigenvalue weighted by atomic mass is 10.0. The lowest BCUT2D eigenvalue weighted by Crippen LogP contribution is -2.23. The molecule has 3 aromatic rings. The van der Waals surface area contributed by atoms with E-state index in [1.807, 2.05) is 0 Å². The van der Waals surface area contributed by atoms with Crippen molar-refractivity contribution in [2.75, 3.05) is 18.5 Å². The molecule has 0 saturated carbocycles. The zero-order chi connectivity index (χ0) is 21.7. The van der Waals surface area contributed by atoms with Crippen LogP contribution in [0.3, 0.4) is 0 Å². The number of aliphatic hydroxyl groups is 2.